The summed E-state index contributed by atoms with van der Waals surface area (Å²) in [5, 5.41) is 24.9. The van der Waals surface area contributed by atoms with Gasteiger partial charge in [-0.15, -0.1) is 10.2 Å². The molecule has 0 saturated heterocycles. The van der Waals surface area contributed by atoms with Gasteiger partial charge in [0.2, 0.25) is 0 Å². The second-order valence-electron chi connectivity index (χ2n) is 5.36. The molecule has 2 aromatic carbocycles. The van der Waals surface area contributed by atoms with Gasteiger partial charge < -0.3 is 9.90 Å². The maximum atomic E-state index is 11.0. The van der Waals surface area contributed by atoms with Crippen LogP contribution in [-0.2, 0) is 17.6 Å². The molecule has 23 heavy (non-hydrogen) atoms. The Balaban J connectivity index is 2.05. The first-order valence-electron chi connectivity index (χ1n) is 7.23. The molecular weight excluding hydrogens is 292 g/mol. The Bertz CT molecular complexity index is 828. The normalized spacial score (nSPS) is 10.7. The van der Waals surface area contributed by atoms with Crippen molar-refractivity contribution in [2.24, 2.45) is 0 Å². The summed E-state index contributed by atoms with van der Waals surface area (Å²) in [5.41, 5.74) is 4.72. The fourth-order valence-corrected chi connectivity index (χ4v) is 2.61. The van der Waals surface area contributed by atoms with Crippen molar-refractivity contribution in [3.8, 4) is 11.1 Å². The van der Waals surface area contributed by atoms with E-state index in [2.05, 4.69) is 20.6 Å². The average Bonchev–Trinajstić information content (AvgIpc) is 3.02. The number of benzene rings is 2. The highest BCUT2D eigenvalue weighted by atomic mass is 16.4. The molecule has 1 aromatic heterocycles. The van der Waals surface area contributed by atoms with Gasteiger partial charge in [0, 0.05) is 18.8 Å². The van der Waals surface area contributed by atoms with Crippen LogP contribution in [0.4, 0.5) is 0 Å². The van der Waals surface area contributed by atoms with Gasteiger partial charge in [0.15, 0.2) is 5.82 Å². The maximum absolute atomic E-state index is 11.0. The Morgan fingerprint density at radius 2 is 2.00 bits per heavy atom. The fraction of sp³-hybridized carbons (Fsp3) is 0.176. The predicted octanol–water partition coefficient (Wildman–Crippen LogP) is 1.06. The highest BCUT2D eigenvalue weighted by Crippen LogP contribution is 2.28. The minimum Gasteiger partial charge on any atom is -0.550 e. The average molecular weight is 307 g/mol. The first-order chi connectivity index (χ1) is 11.1. The molecule has 0 amide bonds. The van der Waals surface area contributed by atoms with E-state index in [1.807, 2.05) is 49.4 Å². The number of hydrogen-bond acceptors (Lipinski definition) is 5. The monoisotopic (exact) mass is 307 g/mol. The molecule has 0 fully saturated rings. The lowest BCUT2D eigenvalue weighted by atomic mass is 9.92. The fourth-order valence-electron chi connectivity index (χ4n) is 2.61. The van der Waals surface area contributed by atoms with E-state index in [1.54, 1.807) is 0 Å². The third-order valence-electron chi connectivity index (χ3n) is 3.70. The first-order valence-corrected chi connectivity index (χ1v) is 7.23. The standard InChI is InChI=1S/C17H16N4O2/c1-11-4-2-3-5-14(11)15-8-12(9-16-18-20-21-19-16)6-7-13(15)10-17(22)23/h2-8H,9-10H2,1H3,(H,22,23)(H,18,19,20,21)/p-1. The molecular formula is C17H15N4O2-. The number of nitrogens with zero attached hydrogens (tertiary/aromatic N) is 3. The van der Waals surface area contributed by atoms with Gasteiger partial charge in [0.05, 0.1) is 0 Å². The number of carbonyl (C=O) groups excluding carboxylic acids is 1. The molecule has 6 heteroatoms. The number of aromatic nitrogens is 4. The number of carboxylic acids is 1. The van der Waals surface area contributed by atoms with Crippen LogP contribution in [0.15, 0.2) is 42.5 Å². The van der Waals surface area contributed by atoms with Gasteiger partial charge in [0.1, 0.15) is 0 Å². The predicted molar refractivity (Wildman–Crippen MR) is 82.3 cm³/mol. The summed E-state index contributed by atoms with van der Waals surface area (Å²) in [5.74, 6) is -0.501. The molecule has 116 valence electrons. The molecule has 0 bridgehead atoms. The van der Waals surface area contributed by atoms with Crippen LogP contribution in [0.1, 0.15) is 22.5 Å². The summed E-state index contributed by atoms with van der Waals surface area (Å²) in [6, 6.07) is 13.6. The minimum atomic E-state index is -1.09. The van der Waals surface area contributed by atoms with Crippen LogP contribution < -0.4 is 5.11 Å². The molecule has 0 saturated carbocycles. The van der Waals surface area contributed by atoms with E-state index in [9.17, 15) is 9.90 Å². The number of carbonyl (C=O) groups is 1. The minimum absolute atomic E-state index is 0.119. The van der Waals surface area contributed by atoms with E-state index < -0.39 is 5.97 Å². The molecule has 1 heterocycles. The van der Waals surface area contributed by atoms with Crippen LogP contribution >= 0.6 is 0 Å². The van der Waals surface area contributed by atoms with Gasteiger partial charge >= 0.3 is 0 Å². The lowest BCUT2D eigenvalue weighted by Crippen LogP contribution is -2.24. The number of hydrogen-bond donors (Lipinski definition) is 1. The van der Waals surface area contributed by atoms with Crippen molar-refractivity contribution >= 4 is 5.97 Å². The van der Waals surface area contributed by atoms with E-state index in [1.165, 1.54) is 0 Å². The van der Waals surface area contributed by atoms with Gasteiger partial charge in [-0.25, -0.2) is 0 Å². The summed E-state index contributed by atoms with van der Waals surface area (Å²) in [7, 11) is 0. The molecule has 0 radical (unpaired) electrons. The van der Waals surface area contributed by atoms with Crippen LogP contribution in [0.5, 0.6) is 0 Å². The van der Waals surface area contributed by atoms with Crippen LogP contribution in [0.2, 0.25) is 0 Å². The molecule has 0 atom stereocenters. The molecule has 3 aromatic rings. The van der Waals surface area contributed by atoms with Gasteiger partial charge in [-0.05, 0) is 34.7 Å². The lowest BCUT2D eigenvalue weighted by molar-refractivity contribution is -0.304. The van der Waals surface area contributed by atoms with Gasteiger partial charge in [-0.1, -0.05) is 47.7 Å². The Labute approximate surface area is 133 Å². The molecule has 0 aliphatic heterocycles. The van der Waals surface area contributed by atoms with E-state index in [-0.39, 0.29) is 6.42 Å². The molecule has 0 spiro atoms. The Kier molecular flexibility index (Phi) is 4.14. The van der Waals surface area contributed by atoms with Crippen molar-refractivity contribution in [1.82, 2.24) is 20.6 Å². The maximum Gasteiger partial charge on any atom is 0.178 e. The van der Waals surface area contributed by atoms with E-state index >= 15 is 0 Å². The Morgan fingerprint density at radius 1 is 1.17 bits per heavy atom. The highest BCUT2D eigenvalue weighted by Gasteiger charge is 2.10. The van der Waals surface area contributed by atoms with Crippen molar-refractivity contribution in [2.45, 2.75) is 19.8 Å². The summed E-state index contributed by atoms with van der Waals surface area (Å²) in [6.45, 7) is 2.00. The van der Waals surface area contributed by atoms with Crippen molar-refractivity contribution < 1.29 is 9.90 Å². The van der Waals surface area contributed by atoms with Crippen LogP contribution in [0.3, 0.4) is 0 Å². The summed E-state index contributed by atoms with van der Waals surface area (Å²) >= 11 is 0. The van der Waals surface area contributed by atoms with Gasteiger partial charge in [-0.2, -0.15) is 5.21 Å². The number of aromatic amines is 1. The number of carboxylic acid groups (broad SMARTS) is 1. The quantitative estimate of drug-likeness (QED) is 0.760. The molecule has 3 rings (SSSR count). The summed E-state index contributed by atoms with van der Waals surface area (Å²) in [6.07, 6.45) is 0.410. The van der Waals surface area contributed by atoms with E-state index in [0.29, 0.717) is 12.2 Å². The molecule has 1 N–H and O–H groups in total. The summed E-state index contributed by atoms with van der Waals surface area (Å²) < 4.78 is 0. The third-order valence-corrected chi connectivity index (χ3v) is 3.70. The zero-order valence-electron chi connectivity index (χ0n) is 12.6. The molecule has 0 unspecified atom stereocenters. The largest absolute Gasteiger partial charge is 0.550 e. The smallest absolute Gasteiger partial charge is 0.178 e. The number of nitrogens with one attached hydrogen (secondary N) is 1. The molecule has 0 aliphatic carbocycles. The van der Waals surface area contributed by atoms with Crippen molar-refractivity contribution in [1.29, 1.82) is 0 Å². The Hall–Kier alpha value is -3.02. The zero-order chi connectivity index (χ0) is 16.2. The SMILES string of the molecule is Cc1ccccc1-c1cc(Cc2nn[nH]n2)ccc1CC(=O)[O-]. The van der Waals surface area contributed by atoms with E-state index in [0.717, 1.165) is 27.8 Å². The van der Waals surface area contributed by atoms with Gasteiger partial charge in [-0.3, -0.25) is 0 Å². The van der Waals surface area contributed by atoms with Crippen LogP contribution in [0.25, 0.3) is 11.1 Å². The summed E-state index contributed by atoms with van der Waals surface area (Å²) in [4.78, 5) is 11.0. The Morgan fingerprint density at radius 3 is 2.70 bits per heavy atom. The molecule has 6 nitrogen and oxygen atoms in total. The van der Waals surface area contributed by atoms with Crippen molar-refractivity contribution in [2.75, 3.05) is 0 Å². The number of aryl methyl sites for hydroxylation is 1. The second-order valence-corrected chi connectivity index (χ2v) is 5.36. The van der Waals surface area contributed by atoms with Crippen LogP contribution in [0, 0.1) is 6.92 Å². The van der Waals surface area contributed by atoms with E-state index in [4.69, 9.17) is 0 Å². The highest BCUT2D eigenvalue weighted by molar-refractivity contribution is 5.77. The first kappa shape index (κ1) is 14.9. The van der Waals surface area contributed by atoms with Crippen LogP contribution in [-0.4, -0.2) is 26.6 Å². The molecule has 0 aliphatic rings. The zero-order valence-corrected chi connectivity index (χ0v) is 12.6. The number of tetrazole rings is 1. The number of H-pyrrole nitrogens is 1. The number of aliphatic carboxylic acids is 1. The number of rotatable bonds is 5. The topological polar surface area (TPSA) is 94.6 Å². The lowest BCUT2D eigenvalue weighted by Gasteiger charge is -2.14. The van der Waals surface area contributed by atoms with Crippen molar-refractivity contribution in [3.05, 3.63) is 65.0 Å². The van der Waals surface area contributed by atoms with Gasteiger partial charge in [0.25, 0.3) is 0 Å². The van der Waals surface area contributed by atoms with Crippen molar-refractivity contribution in [3.63, 3.8) is 0 Å². The second kappa shape index (κ2) is 6.39. The third kappa shape index (κ3) is 3.42.